The Morgan fingerprint density at radius 1 is 0.900 bits per heavy atom. The van der Waals surface area contributed by atoms with Crippen molar-refractivity contribution in [2.75, 3.05) is 33.2 Å². The summed E-state index contributed by atoms with van der Waals surface area (Å²) in [7, 11) is 2.02. The minimum atomic E-state index is -0.483. The smallest absolute Gasteiger partial charge is 0.278 e. The van der Waals surface area contributed by atoms with Crippen LogP contribution in [0.2, 0.25) is 0 Å². The largest absolute Gasteiger partial charge is 0.364 e. The maximum atomic E-state index is 13.3. The van der Waals surface area contributed by atoms with Gasteiger partial charge in [-0.05, 0) is 30.3 Å². The molecule has 4 rings (SSSR count). The number of non-ortho nitro benzene ring substituents is 1. The zero-order valence-electron chi connectivity index (χ0n) is 16.7. The molecule has 2 aromatic rings. The topological polar surface area (TPSA) is 87.0 Å². The fourth-order valence-electron chi connectivity index (χ4n) is 3.81. The van der Waals surface area contributed by atoms with E-state index in [1.165, 1.54) is 17.0 Å². The summed E-state index contributed by atoms with van der Waals surface area (Å²) in [4.78, 5) is 42.6. The van der Waals surface area contributed by atoms with Gasteiger partial charge in [0.2, 0.25) is 0 Å². The lowest BCUT2D eigenvalue weighted by molar-refractivity contribution is -0.384. The first kappa shape index (κ1) is 19.8. The van der Waals surface area contributed by atoms with E-state index in [9.17, 15) is 19.7 Å². The summed E-state index contributed by atoms with van der Waals surface area (Å²) in [6, 6.07) is 15.2. The van der Waals surface area contributed by atoms with Crippen molar-refractivity contribution in [3.05, 3.63) is 81.5 Å². The molecule has 2 aliphatic heterocycles. The van der Waals surface area contributed by atoms with Gasteiger partial charge < -0.3 is 9.80 Å². The first-order valence-corrected chi connectivity index (χ1v) is 9.78. The van der Waals surface area contributed by atoms with Gasteiger partial charge in [-0.25, -0.2) is 0 Å². The normalized spacial score (nSPS) is 17.8. The van der Waals surface area contributed by atoms with Gasteiger partial charge in [0, 0.05) is 38.3 Å². The number of carbonyl (C=O) groups is 2. The van der Waals surface area contributed by atoms with Gasteiger partial charge in [-0.1, -0.05) is 30.3 Å². The highest BCUT2D eigenvalue weighted by Gasteiger charge is 2.42. The van der Waals surface area contributed by atoms with Crippen molar-refractivity contribution in [2.24, 2.45) is 0 Å². The summed E-state index contributed by atoms with van der Waals surface area (Å²) >= 11 is 0. The summed E-state index contributed by atoms with van der Waals surface area (Å²) in [5, 5.41) is 11.0. The Morgan fingerprint density at radius 2 is 1.53 bits per heavy atom. The van der Waals surface area contributed by atoms with E-state index in [4.69, 9.17) is 0 Å². The van der Waals surface area contributed by atoms with E-state index in [1.54, 1.807) is 12.1 Å². The van der Waals surface area contributed by atoms with Crippen molar-refractivity contribution in [3.63, 3.8) is 0 Å². The summed E-state index contributed by atoms with van der Waals surface area (Å²) in [6.07, 6.45) is 0. The number of benzene rings is 2. The van der Waals surface area contributed by atoms with Crippen LogP contribution in [0, 0.1) is 10.1 Å². The monoisotopic (exact) mass is 406 g/mol. The molecule has 0 N–H and O–H groups in total. The number of nitro groups is 1. The van der Waals surface area contributed by atoms with Gasteiger partial charge in [0.15, 0.2) is 0 Å². The maximum Gasteiger partial charge on any atom is 0.278 e. The van der Waals surface area contributed by atoms with Crippen molar-refractivity contribution in [3.8, 4) is 0 Å². The van der Waals surface area contributed by atoms with Crippen molar-refractivity contribution in [1.82, 2.24) is 14.7 Å². The third-order valence-electron chi connectivity index (χ3n) is 5.51. The molecular formula is C22H22N4O4. The molecule has 2 heterocycles. The van der Waals surface area contributed by atoms with Gasteiger partial charge in [-0.3, -0.25) is 24.6 Å². The van der Waals surface area contributed by atoms with Crippen LogP contribution >= 0.6 is 0 Å². The average molecular weight is 406 g/mol. The van der Waals surface area contributed by atoms with Gasteiger partial charge >= 0.3 is 0 Å². The number of hydrogen-bond acceptors (Lipinski definition) is 6. The first-order chi connectivity index (χ1) is 14.5. The summed E-state index contributed by atoms with van der Waals surface area (Å²) < 4.78 is 0. The number of hydrogen-bond donors (Lipinski definition) is 0. The highest BCUT2D eigenvalue weighted by atomic mass is 16.6. The molecule has 0 unspecified atom stereocenters. The molecule has 8 nitrogen and oxygen atoms in total. The highest BCUT2D eigenvalue weighted by Crippen LogP contribution is 2.33. The Hall–Kier alpha value is -3.52. The van der Waals surface area contributed by atoms with Crippen molar-refractivity contribution >= 4 is 23.1 Å². The summed E-state index contributed by atoms with van der Waals surface area (Å²) in [5.74, 6) is -0.687. The van der Waals surface area contributed by atoms with Gasteiger partial charge in [0.1, 0.15) is 5.70 Å². The molecule has 0 radical (unpaired) electrons. The van der Waals surface area contributed by atoms with Gasteiger partial charge in [-0.2, -0.15) is 0 Å². The van der Waals surface area contributed by atoms with Crippen LogP contribution < -0.4 is 0 Å². The van der Waals surface area contributed by atoms with Crippen LogP contribution in [0.1, 0.15) is 11.1 Å². The molecule has 2 aromatic carbocycles. The third-order valence-corrected chi connectivity index (χ3v) is 5.51. The van der Waals surface area contributed by atoms with Gasteiger partial charge in [0.25, 0.3) is 17.5 Å². The molecule has 1 fully saturated rings. The van der Waals surface area contributed by atoms with Gasteiger partial charge in [0.05, 0.1) is 17.0 Å². The predicted octanol–water partition coefficient (Wildman–Crippen LogP) is 2.12. The number of imide groups is 1. The molecule has 154 valence electrons. The molecule has 0 atom stereocenters. The predicted molar refractivity (Wildman–Crippen MR) is 111 cm³/mol. The Labute approximate surface area is 174 Å². The lowest BCUT2D eigenvalue weighted by atomic mass is 10.0. The zero-order chi connectivity index (χ0) is 21.3. The number of piperazine rings is 1. The molecule has 0 saturated carbocycles. The standard InChI is InChI=1S/C22H22N4O4/c1-23-11-13-24(14-12-23)20-19(17-7-9-18(10-8-17)26(29)30)21(27)25(22(20)28)15-16-5-3-2-4-6-16/h2-10H,11-15H2,1H3. The Kier molecular flexibility index (Phi) is 5.33. The number of likely N-dealkylation sites (N-methyl/N-ethyl adjacent to an activating group) is 1. The lowest BCUT2D eigenvalue weighted by Gasteiger charge is -2.34. The van der Waals surface area contributed by atoms with E-state index < -0.39 is 4.92 Å². The molecule has 0 aromatic heterocycles. The second-order valence-corrected chi connectivity index (χ2v) is 7.50. The molecule has 0 spiro atoms. The number of nitrogens with zero attached hydrogens (tertiary/aromatic N) is 4. The van der Waals surface area contributed by atoms with Crippen LogP contribution in [-0.2, 0) is 16.1 Å². The van der Waals surface area contributed by atoms with E-state index in [2.05, 4.69) is 4.90 Å². The van der Waals surface area contributed by atoms with E-state index in [0.29, 0.717) is 29.9 Å². The Balaban J connectivity index is 1.73. The van der Waals surface area contributed by atoms with Crippen LogP contribution in [0.5, 0.6) is 0 Å². The zero-order valence-corrected chi connectivity index (χ0v) is 16.7. The van der Waals surface area contributed by atoms with Crippen LogP contribution in [0.25, 0.3) is 5.57 Å². The molecule has 0 bridgehead atoms. The van der Waals surface area contributed by atoms with Gasteiger partial charge in [-0.15, -0.1) is 0 Å². The first-order valence-electron chi connectivity index (χ1n) is 9.78. The van der Waals surface area contributed by atoms with Crippen LogP contribution in [0.15, 0.2) is 60.3 Å². The molecule has 0 aliphatic carbocycles. The van der Waals surface area contributed by atoms with E-state index >= 15 is 0 Å². The van der Waals surface area contributed by atoms with E-state index in [-0.39, 0.29) is 24.0 Å². The molecule has 2 amide bonds. The van der Waals surface area contributed by atoms with Crippen LogP contribution in [-0.4, -0.2) is 64.7 Å². The van der Waals surface area contributed by atoms with E-state index in [1.807, 2.05) is 42.3 Å². The molecular weight excluding hydrogens is 384 g/mol. The number of rotatable bonds is 5. The Morgan fingerprint density at radius 3 is 2.13 bits per heavy atom. The summed E-state index contributed by atoms with van der Waals surface area (Å²) in [5.41, 5.74) is 2.02. The fraction of sp³-hybridized carbons (Fsp3) is 0.273. The number of amides is 2. The molecule has 30 heavy (non-hydrogen) atoms. The number of carbonyl (C=O) groups excluding carboxylic acids is 2. The Bertz CT molecular complexity index is 1010. The molecule has 1 saturated heterocycles. The van der Waals surface area contributed by atoms with Crippen LogP contribution in [0.4, 0.5) is 5.69 Å². The third kappa shape index (κ3) is 3.69. The number of nitro benzene ring substituents is 1. The fourth-order valence-corrected chi connectivity index (χ4v) is 3.81. The highest BCUT2D eigenvalue weighted by molar-refractivity contribution is 6.35. The average Bonchev–Trinajstić information content (AvgIpc) is 3.00. The second-order valence-electron chi connectivity index (χ2n) is 7.50. The van der Waals surface area contributed by atoms with E-state index in [0.717, 1.165) is 18.7 Å². The maximum absolute atomic E-state index is 13.3. The lowest BCUT2D eigenvalue weighted by Crippen LogP contribution is -2.46. The SMILES string of the molecule is CN1CCN(C2=C(c3ccc([N+](=O)[O-])cc3)C(=O)N(Cc3ccccc3)C2=O)CC1. The molecule has 8 heteroatoms. The minimum Gasteiger partial charge on any atom is -0.364 e. The van der Waals surface area contributed by atoms with Crippen LogP contribution in [0.3, 0.4) is 0 Å². The summed E-state index contributed by atoms with van der Waals surface area (Å²) in [6.45, 7) is 3.04. The second kappa shape index (κ2) is 8.08. The minimum absolute atomic E-state index is 0.0570. The quantitative estimate of drug-likeness (QED) is 0.429. The van der Waals surface area contributed by atoms with Crippen molar-refractivity contribution < 1.29 is 14.5 Å². The molecule has 2 aliphatic rings. The van der Waals surface area contributed by atoms with Crippen molar-refractivity contribution in [1.29, 1.82) is 0 Å². The van der Waals surface area contributed by atoms with Crippen molar-refractivity contribution in [2.45, 2.75) is 6.54 Å².